The smallest absolute Gasteiger partial charge is 0.338 e. The second kappa shape index (κ2) is 9.47. The molecule has 0 radical (unpaired) electrons. The van der Waals surface area contributed by atoms with Crippen LogP contribution in [0.5, 0.6) is 0 Å². The molecule has 1 aromatic heterocycles. The number of alkyl halides is 3. The van der Waals surface area contributed by atoms with Gasteiger partial charge in [-0.1, -0.05) is 13.8 Å². The summed E-state index contributed by atoms with van der Waals surface area (Å²) in [7, 11) is 0. The number of nitrogens with zero attached hydrogens (tertiary/aromatic N) is 4. The lowest BCUT2D eigenvalue weighted by molar-refractivity contribution is -0.146. The highest BCUT2D eigenvalue weighted by molar-refractivity contribution is 5.84. The highest BCUT2D eigenvalue weighted by Gasteiger charge is 2.51. The van der Waals surface area contributed by atoms with Crippen molar-refractivity contribution in [1.82, 2.24) is 19.6 Å². The van der Waals surface area contributed by atoms with Gasteiger partial charge in [-0.3, -0.25) is 9.48 Å². The summed E-state index contributed by atoms with van der Waals surface area (Å²) in [6.45, 7) is 6.45. The summed E-state index contributed by atoms with van der Waals surface area (Å²) in [5.41, 5.74) is -0.960. The molecule has 1 aromatic carbocycles. The number of fused-ring (bicyclic) bond motifs is 1. The van der Waals surface area contributed by atoms with Crippen molar-refractivity contribution in [3.63, 3.8) is 0 Å². The minimum absolute atomic E-state index is 0.00916. The highest BCUT2D eigenvalue weighted by atomic mass is 19.4. The zero-order valence-electron chi connectivity index (χ0n) is 20.9. The summed E-state index contributed by atoms with van der Waals surface area (Å²) in [6, 6.07) is 4.26. The predicted molar refractivity (Wildman–Crippen MR) is 128 cm³/mol. The zero-order chi connectivity index (χ0) is 25.7. The Kier molecular flexibility index (Phi) is 6.64. The monoisotopic (exact) mass is 506 g/mol. The molecule has 196 valence electrons. The molecule has 1 aliphatic carbocycles. The number of carbonyl (C=O) groups excluding carboxylic acids is 1. The number of halogens is 4. The van der Waals surface area contributed by atoms with Gasteiger partial charge in [0.1, 0.15) is 5.82 Å². The maximum Gasteiger partial charge on any atom is 0.416 e. The van der Waals surface area contributed by atoms with E-state index in [0.717, 1.165) is 51.3 Å². The van der Waals surface area contributed by atoms with Crippen LogP contribution in [-0.2, 0) is 23.9 Å². The van der Waals surface area contributed by atoms with E-state index in [2.05, 4.69) is 23.8 Å². The first-order valence-corrected chi connectivity index (χ1v) is 13.0. The van der Waals surface area contributed by atoms with E-state index in [1.54, 1.807) is 4.90 Å². The number of benzene rings is 1. The van der Waals surface area contributed by atoms with Crippen LogP contribution in [0.15, 0.2) is 30.6 Å². The summed E-state index contributed by atoms with van der Waals surface area (Å²) in [6.07, 6.45) is 3.96. The first-order valence-electron chi connectivity index (χ1n) is 13.0. The molecule has 3 aliphatic rings. The van der Waals surface area contributed by atoms with Crippen molar-refractivity contribution >= 4 is 5.91 Å². The molecule has 2 aromatic rings. The first kappa shape index (κ1) is 25.2. The number of hydrogen-bond acceptors (Lipinski definition) is 3. The van der Waals surface area contributed by atoms with E-state index in [4.69, 9.17) is 0 Å². The van der Waals surface area contributed by atoms with E-state index in [1.807, 2.05) is 23.1 Å². The van der Waals surface area contributed by atoms with Gasteiger partial charge in [-0.25, -0.2) is 4.39 Å². The van der Waals surface area contributed by atoms with Crippen LogP contribution in [-0.4, -0.2) is 51.2 Å². The molecule has 2 fully saturated rings. The van der Waals surface area contributed by atoms with E-state index in [9.17, 15) is 22.4 Å². The Labute approximate surface area is 209 Å². The lowest BCUT2D eigenvalue weighted by Gasteiger charge is -2.41. The van der Waals surface area contributed by atoms with Gasteiger partial charge in [-0.05, 0) is 73.8 Å². The minimum Gasteiger partial charge on any atom is -0.338 e. The van der Waals surface area contributed by atoms with Gasteiger partial charge in [0, 0.05) is 44.6 Å². The number of hydrogen-bond donors (Lipinski definition) is 0. The van der Waals surface area contributed by atoms with Crippen LogP contribution in [0.25, 0.3) is 0 Å². The average molecular weight is 507 g/mol. The van der Waals surface area contributed by atoms with Gasteiger partial charge in [-0.2, -0.15) is 18.3 Å². The van der Waals surface area contributed by atoms with Crippen LogP contribution in [0, 0.1) is 17.2 Å². The fourth-order valence-corrected chi connectivity index (χ4v) is 6.64. The maximum atomic E-state index is 14.5. The number of piperidine rings is 1. The summed E-state index contributed by atoms with van der Waals surface area (Å²) in [5.74, 6) is -0.712. The Balaban J connectivity index is 1.29. The number of rotatable bonds is 4. The van der Waals surface area contributed by atoms with Crippen molar-refractivity contribution in [1.29, 1.82) is 0 Å². The third-order valence-corrected chi connectivity index (χ3v) is 8.86. The van der Waals surface area contributed by atoms with Gasteiger partial charge in [0.15, 0.2) is 0 Å². The second-order valence-corrected chi connectivity index (χ2v) is 11.0. The van der Waals surface area contributed by atoms with Crippen molar-refractivity contribution in [2.45, 2.75) is 77.2 Å². The Morgan fingerprint density at radius 1 is 1.11 bits per heavy atom. The Bertz CT molecular complexity index is 1090. The molecule has 2 aliphatic heterocycles. The first-order chi connectivity index (χ1) is 17.1. The summed E-state index contributed by atoms with van der Waals surface area (Å²) in [4.78, 5) is 18.1. The molecule has 5 rings (SSSR count). The van der Waals surface area contributed by atoms with Crippen LogP contribution in [0.4, 0.5) is 17.6 Å². The number of amides is 1. The quantitative estimate of drug-likeness (QED) is 0.518. The van der Waals surface area contributed by atoms with Crippen molar-refractivity contribution in [3.8, 4) is 0 Å². The number of aromatic nitrogens is 2. The van der Waals surface area contributed by atoms with Crippen LogP contribution in [0.1, 0.15) is 68.7 Å². The van der Waals surface area contributed by atoms with Gasteiger partial charge in [0.2, 0.25) is 5.91 Å². The fraction of sp³-hybridized carbons (Fsp3) is 0.630. The molecule has 0 spiro atoms. The van der Waals surface area contributed by atoms with E-state index in [1.165, 1.54) is 0 Å². The van der Waals surface area contributed by atoms with Crippen molar-refractivity contribution in [2.75, 3.05) is 19.6 Å². The largest absolute Gasteiger partial charge is 0.416 e. The molecule has 2 atom stereocenters. The number of carbonyl (C=O) groups is 1. The lowest BCUT2D eigenvalue weighted by atomic mass is 9.73. The van der Waals surface area contributed by atoms with Crippen molar-refractivity contribution in [2.24, 2.45) is 11.3 Å². The molecule has 3 heterocycles. The minimum atomic E-state index is -4.62. The third kappa shape index (κ3) is 4.55. The molecule has 36 heavy (non-hydrogen) atoms. The molecule has 0 N–H and O–H groups in total. The second-order valence-electron chi connectivity index (χ2n) is 11.0. The molecule has 1 amide bonds. The lowest BCUT2D eigenvalue weighted by Crippen LogP contribution is -2.49. The Hall–Kier alpha value is -2.42. The molecule has 1 saturated heterocycles. The van der Waals surface area contributed by atoms with Gasteiger partial charge in [-0.15, -0.1) is 0 Å². The Morgan fingerprint density at radius 2 is 1.86 bits per heavy atom. The van der Waals surface area contributed by atoms with E-state index < -0.39 is 23.0 Å². The topological polar surface area (TPSA) is 41.4 Å². The molecular formula is C27H34F4N4O. The van der Waals surface area contributed by atoms with Crippen LogP contribution < -0.4 is 0 Å². The normalized spacial score (nSPS) is 26.0. The highest BCUT2D eigenvalue weighted by Crippen LogP contribution is 2.48. The number of likely N-dealkylation sites (tertiary alicyclic amines) is 1. The zero-order valence-corrected chi connectivity index (χ0v) is 20.9. The van der Waals surface area contributed by atoms with Crippen molar-refractivity contribution < 1.29 is 22.4 Å². The molecule has 2 unspecified atom stereocenters. The van der Waals surface area contributed by atoms with Crippen molar-refractivity contribution in [3.05, 3.63) is 53.1 Å². The van der Waals surface area contributed by atoms with Crippen LogP contribution in [0.2, 0.25) is 0 Å². The van der Waals surface area contributed by atoms with E-state index >= 15 is 0 Å². The van der Waals surface area contributed by atoms with E-state index in [0.29, 0.717) is 30.3 Å². The molecular weight excluding hydrogens is 472 g/mol. The molecule has 1 saturated carbocycles. The maximum absolute atomic E-state index is 14.5. The van der Waals surface area contributed by atoms with Gasteiger partial charge < -0.3 is 9.80 Å². The third-order valence-electron chi connectivity index (χ3n) is 8.86. The molecule has 0 bridgehead atoms. The Morgan fingerprint density at radius 3 is 2.50 bits per heavy atom. The van der Waals surface area contributed by atoms with Gasteiger partial charge >= 0.3 is 6.18 Å². The van der Waals surface area contributed by atoms with E-state index in [-0.39, 0.29) is 30.4 Å². The molecule has 9 heteroatoms. The van der Waals surface area contributed by atoms with Crippen LogP contribution in [0.3, 0.4) is 0 Å². The predicted octanol–water partition coefficient (Wildman–Crippen LogP) is 5.46. The SMILES string of the molecule is CC(C)C1(C(=O)N2CCc3c(F)cc(C(F)(F)F)cc3C2)CCC(N2CCC(n3cccn3)CC2)C1. The standard InChI is InChI=1S/C27H34F4N4O/c1-18(2)26(8-4-22(16-26)33-11-5-21(6-12-33)35-10-3-9-32-35)25(36)34-13-7-23-19(17-34)14-20(15-24(23)28)27(29,30)31/h3,9-10,14-15,18,21-22H,4-8,11-13,16-17H2,1-2H3. The summed E-state index contributed by atoms with van der Waals surface area (Å²) in [5, 5.41) is 4.39. The molecule has 5 nitrogen and oxygen atoms in total. The summed E-state index contributed by atoms with van der Waals surface area (Å²) >= 11 is 0. The van der Waals surface area contributed by atoms with Gasteiger partial charge in [0.05, 0.1) is 17.0 Å². The van der Waals surface area contributed by atoms with Gasteiger partial charge in [0.25, 0.3) is 0 Å². The van der Waals surface area contributed by atoms with Crippen LogP contribution >= 0.6 is 0 Å². The fourth-order valence-electron chi connectivity index (χ4n) is 6.64. The average Bonchev–Trinajstić information content (AvgIpc) is 3.54. The summed E-state index contributed by atoms with van der Waals surface area (Å²) < 4.78 is 56.3.